The van der Waals surface area contributed by atoms with Crippen LogP contribution in [0.3, 0.4) is 0 Å². The minimum atomic E-state index is -0.804. The number of methoxy groups -OCH3 is 1. The van der Waals surface area contributed by atoms with E-state index in [4.69, 9.17) is 9.47 Å². The van der Waals surface area contributed by atoms with E-state index in [1.807, 2.05) is 89.2 Å². The van der Waals surface area contributed by atoms with Gasteiger partial charge in [-0.25, -0.2) is 0 Å². The summed E-state index contributed by atoms with van der Waals surface area (Å²) in [6.45, 7) is 10.3. The van der Waals surface area contributed by atoms with Crippen LogP contribution >= 0.6 is 0 Å². The highest BCUT2D eigenvalue weighted by Gasteiger charge is 2.47. The Morgan fingerprint density at radius 2 is 1.73 bits per heavy atom. The molecule has 0 aromatic heterocycles. The number of aliphatic hydroxyl groups excluding tert-OH is 1. The standard InChI is InChI=1S/C31H33NO5/c1-7-37-23-13-11-21(12-14-23)28-27(30(34)31(35)32(28)22-10-8-9-19(4)15-22)29(33)25-17-24(18(2)3)26(36-6)16-20(25)5/h8-18,28,33H,7H2,1-6H3/b29-27+. The summed E-state index contributed by atoms with van der Waals surface area (Å²) in [6, 6.07) is 17.6. The Bertz CT molecular complexity index is 1370. The van der Waals surface area contributed by atoms with Crippen molar-refractivity contribution in [2.75, 3.05) is 18.6 Å². The fourth-order valence-corrected chi connectivity index (χ4v) is 4.83. The zero-order chi connectivity index (χ0) is 26.9. The molecule has 1 N–H and O–H groups in total. The van der Waals surface area contributed by atoms with Crippen molar-refractivity contribution in [3.05, 3.63) is 94.1 Å². The van der Waals surface area contributed by atoms with Gasteiger partial charge < -0.3 is 14.6 Å². The molecule has 6 nitrogen and oxygen atoms in total. The van der Waals surface area contributed by atoms with Gasteiger partial charge in [0.05, 0.1) is 25.3 Å². The van der Waals surface area contributed by atoms with Crippen LogP contribution in [0.5, 0.6) is 11.5 Å². The largest absolute Gasteiger partial charge is 0.507 e. The summed E-state index contributed by atoms with van der Waals surface area (Å²) < 4.78 is 11.1. The molecule has 1 atom stereocenters. The molecule has 1 heterocycles. The van der Waals surface area contributed by atoms with Crippen LogP contribution in [0, 0.1) is 13.8 Å². The van der Waals surface area contributed by atoms with Crippen LogP contribution in [0.4, 0.5) is 5.69 Å². The van der Waals surface area contributed by atoms with Crippen LogP contribution in [0.15, 0.2) is 66.2 Å². The van der Waals surface area contributed by atoms with Gasteiger partial charge in [-0.15, -0.1) is 0 Å². The van der Waals surface area contributed by atoms with E-state index in [9.17, 15) is 14.7 Å². The van der Waals surface area contributed by atoms with Crippen LogP contribution < -0.4 is 14.4 Å². The molecule has 0 radical (unpaired) electrons. The third kappa shape index (κ3) is 4.84. The number of carbonyl (C=O) groups excluding carboxylic acids is 2. The number of amides is 1. The predicted molar refractivity (Wildman–Crippen MR) is 145 cm³/mol. The van der Waals surface area contributed by atoms with E-state index in [1.54, 1.807) is 13.2 Å². The lowest BCUT2D eigenvalue weighted by atomic mass is 9.91. The van der Waals surface area contributed by atoms with Gasteiger partial charge in [0.1, 0.15) is 17.3 Å². The molecule has 1 aliphatic rings. The highest BCUT2D eigenvalue weighted by Crippen LogP contribution is 2.44. The van der Waals surface area contributed by atoms with E-state index in [2.05, 4.69) is 0 Å². The zero-order valence-electron chi connectivity index (χ0n) is 22.2. The van der Waals surface area contributed by atoms with Crippen molar-refractivity contribution in [1.29, 1.82) is 0 Å². The molecule has 6 heteroatoms. The number of rotatable bonds is 7. The second-order valence-electron chi connectivity index (χ2n) is 9.57. The van der Waals surface area contributed by atoms with Crippen LogP contribution in [0.25, 0.3) is 5.76 Å². The Balaban J connectivity index is 1.96. The van der Waals surface area contributed by atoms with Gasteiger partial charge in [-0.05, 0) is 85.3 Å². The molecule has 1 aliphatic heterocycles. The Kier molecular flexibility index (Phi) is 7.39. The van der Waals surface area contributed by atoms with Gasteiger partial charge in [0.2, 0.25) is 0 Å². The van der Waals surface area contributed by atoms with Crippen LogP contribution in [-0.2, 0) is 9.59 Å². The maximum atomic E-state index is 13.5. The van der Waals surface area contributed by atoms with Crippen molar-refractivity contribution >= 4 is 23.1 Å². The monoisotopic (exact) mass is 499 g/mol. The molecular weight excluding hydrogens is 466 g/mol. The molecule has 1 fully saturated rings. The number of ether oxygens (including phenoxy) is 2. The molecule has 0 aliphatic carbocycles. The molecule has 3 aromatic rings. The second kappa shape index (κ2) is 10.5. The van der Waals surface area contributed by atoms with Gasteiger partial charge in [-0.2, -0.15) is 0 Å². The number of ketones is 1. The zero-order valence-corrected chi connectivity index (χ0v) is 22.2. The molecule has 192 valence electrons. The number of anilines is 1. The van der Waals surface area contributed by atoms with E-state index < -0.39 is 17.7 Å². The molecule has 0 saturated carbocycles. The molecule has 1 unspecified atom stereocenters. The molecule has 1 saturated heterocycles. The molecule has 37 heavy (non-hydrogen) atoms. The first-order valence-electron chi connectivity index (χ1n) is 12.5. The summed E-state index contributed by atoms with van der Waals surface area (Å²) in [5.74, 6) is -0.0766. The quantitative estimate of drug-likeness (QED) is 0.229. The topological polar surface area (TPSA) is 76.1 Å². The number of nitrogens with zero attached hydrogens (tertiary/aromatic N) is 1. The maximum Gasteiger partial charge on any atom is 0.300 e. The van der Waals surface area contributed by atoms with Gasteiger partial charge in [-0.1, -0.05) is 38.1 Å². The van der Waals surface area contributed by atoms with E-state index in [0.29, 0.717) is 34.9 Å². The first-order valence-corrected chi connectivity index (χ1v) is 12.5. The Labute approximate surface area is 218 Å². The molecule has 4 rings (SSSR count). The average molecular weight is 500 g/mol. The first-order chi connectivity index (χ1) is 17.7. The number of hydrogen-bond acceptors (Lipinski definition) is 5. The Hall–Kier alpha value is -4.06. The van der Waals surface area contributed by atoms with E-state index in [1.165, 1.54) is 4.90 Å². The summed E-state index contributed by atoms with van der Waals surface area (Å²) >= 11 is 0. The number of aliphatic hydroxyl groups is 1. The van der Waals surface area contributed by atoms with Gasteiger partial charge in [-0.3, -0.25) is 14.5 Å². The van der Waals surface area contributed by atoms with Crippen LogP contribution in [-0.4, -0.2) is 30.5 Å². The Morgan fingerprint density at radius 1 is 1.03 bits per heavy atom. The van der Waals surface area contributed by atoms with Gasteiger partial charge in [0.15, 0.2) is 0 Å². The summed E-state index contributed by atoms with van der Waals surface area (Å²) in [6.07, 6.45) is 0. The Morgan fingerprint density at radius 3 is 2.32 bits per heavy atom. The van der Waals surface area contributed by atoms with Crippen molar-refractivity contribution in [2.24, 2.45) is 0 Å². The minimum absolute atomic E-state index is 0.0543. The maximum absolute atomic E-state index is 13.5. The number of aryl methyl sites for hydroxylation is 2. The fourth-order valence-electron chi connectivity index (χ4n) is 4.83. The third-order valence-corrected chi connectivity index (χ3v) is 6.68. The van der Waals surface area contributed by atoms with Crippen LogP contribution in [0.1, 0.15) is 60.5 Å². The number of benzene rings is 3. The number of carbonyl (C=O) groups is 2. The SMILES string of the molecule is CCOc1ccc(C2/C(=C(\O)c3cc(C(C)C)c(OC)cc3C)C(=O)C(=O)N2c2cccc(C)c2)cc1. The van der Waals surface area contributed by atoms with Crippen molar-refractivity contribution in [1.82, 2.24) is 0 Å². The summed E-state index contributed by atoms with van der Waals surface area (Å²) in [5.41, 5.74) is 4.44. The highest BCUT2D eigenvalue weighted by atomic mass is 16.5. The van der Waals surface area contributed by atoms with Crippen molar-refractivity contribution in [2.45, 2.75) is 46.6 Å². The molecular formula is C31H33NO5. The highest BCUT2D eigenvalue weighted by molar-refractivity contribution is 6.51. The number of Topliss-reactive ketones (excluding diaryl/α,β-unsaturated/α-hetero) is 1. The summed E-state index contributed by atoms with van der Waals surface area (Å²) in [7, 11) is 1.61. The molecule has 3 aromatic carbocycles. The normalized spacial score (nSPS) is 16.9. The second-order valence-corrected chi connectivity index (χ2v) is 9.57. The van der Waals surface area contributed by atoms with Crippen molar-refractivity contribution in [3.63, 3.8) is 0 Å². The van der Waals surface area contributed by atoms with Gasteiger partial charge in [0.25, 0.3) is 11.7 Å². The minimum Gasteiger partial charge on any atom is -0.507 e. The molecule has 1 amide bonds. The van der Waals surface area contributed by atoms with Crippen LogP contribution in [0.2, 0.25) is 0 Å². The average Bonchev–Trinajstić information content (AvgIpc) is 3.14. The summed E-state index contributed by atoms with van der Waals surface area (Å²) in [4.78, 5) is 28.5. The number of hydrogen-bond donors (Lipinski definition) is 1. The fraction of sp³-hybridized carbons (Fsp3) is 0.290. The van der Waals surface area contributed by atoms with Gasteiger partial charge in [0, 0.05) is 11.3 Å². The molecule has 0 spiro atoms. The lowest BCUT2D eigenvalue weighted by Gasteiger charge is -2.26. The van der Waals surface area contributed by atoms with Crippen molar-refractivity contribution < 1.29 is 24.2 Å². The first kappa shape index (κ1) is 26.0. The molecule has 0 bridgehead atoms. The van der Waals surface area contributed by atoms with E-state index >= 15 is 0 Å². The lowest BCUT2D eigenvalue weighted by Crippen LogP contribution is -2.29. The van der Waals surface area contributed by atoms with Gasteiger partial charge >= 0.3 is 0 Å². The third-order valence-electron chi connectivity index (χ3n) is 6.68. The smallest absolute Gasteiger partial charge is 0.300 e. The summed E-state index contributed by atoms with van der Waals surface area (Å²) in [5, 5.41) is 11.7. The lowest BCUT2D eigenvalue weighted by molar-refractivity contribution is -0.132. The van der Waals surface area contributed by atoms with E-state index in [-0.39, 0.29) is 17.3 Å². The predicted octanol–water partition coefficient (Wildman–Crippen LogP) is 6.46. The van der Waals surface area contributed by atoms with E-state index in [0.717, 1.165) is 16.7 Å². The van der Waals surface area contributed by atoms with Crippen molar-refractivity contribution in [3.8, 4) is 11.5 Å².